The average molecular weight is 259 g/mol. The number of aryl methyl sites for hydroxylation is 2. The van der Waals surface area contributed by atoms with E-state index in [1.54, 1.807) is 0 Å². The van der Waals surface area contributed by atoms with Gasteiger partial charge in [-0.15, -0.1) is 0 Å². The fraction of sp³-hybridized carbons (Fsp3) is 0.533. The van der Waals surface area contributed by atoms with Gasteiger partial charge in [0.1, 0.15) is 0 Å². The maximum atomic E-state index is 12.3. The maximum absolute atomic E-state index is 12.3. The van der Waals surface area contributed by atoms with Gasteiger partial charge in [0.05, 0.1) is 6.54 Å². The van der Waals surface area contributed by atoms with E-state index in [-0.39, 0.29) is 5.91 Å². The van der Waals surface area contributed by atoms with Crippen LogP contribution in [0.2, 0.25) is 0 Å². The molecule has 2 saturated heterocycles. The summed E-state index contributed by atoms with van der Waals surface area (Å²) in [5, 5.41) is 3.41. The molecule has 0 saturated carbocycles. The second-order valence-electron chi connectivity index (χ2n) is 5.68. The van der Waals surface area contributed by atoms with Crippen LogP contribution in [0, 0.1) is 13.8 Å². The summed E-state index contributed by atoms with van der Waals surface area (Å²) in [5.74, 6) is 0.225. The van der Waals surface area contributed by atoms with Crippen molar-refractivity contribution in [3.8, 4) is 0 Å². The van der Waals surface area contributed by atoms with Crippen LogP contribution < -0.4 is 10.2 Å². The molecule has 3 rings (SSSR count). The van der Waals surface area contributed by atoms with E-state index in [1.807, 2.05) is 4.90 Å². The van der Waals surface area contributed by atoms with E-state index in [0.717, 1.165) is 31.9 Å². The van der Waals surface area contributed by atoms with Crippen LogP contribution in [0.5, 0.6) is 0 Å². The van der Waals surface area contributed by atoms with E-state index in [9.17, 15) is 4.79 Å². The van der Waals surface area contributed by atoms with Gasteiger partial charge >= 0.3 is 0 Å². The summed E-state index contributed by atoms with van der Waals surface area (Å²) in [6.07, 6.45) is 0. The molecule has 2 heterocycles. The van der Waals surface area contributed by atoms with E-state index in [0.29, 0.717) is 12.6 Å². The van der Waals surface area contributed by atoms with E-state index in [4.69, 9.17) is 0 Å². The van der Waals surface area contributed by atoms with Crippen LogP contribution in [-0.2, 0) is 4.79 Å². The Kier molecular flexibility index (Phi) is 3.29. The second-order valence-corrected chi connectivity index (χ2v) is 5.68. The van der Waals surface area contributed by atoms with Gasteiger partial charge in [-0.1, -0.05) is 6.07 Å². The topological polar surface area (TPSA) is 35.6 Å². The molecule has 1 aromatic rings. The molecule has 19 heavy (non-hydrogen) atoms. The lowest BCUT2D eigenvalue weighted by Gasteiger charge is -2.43. The smallest absolute Gasteiger partial charge is 0.241 e. The van der Waals surface area contributed by atoms with Crippen LogP contribution in [0.3, 0.4) is 0 Å². The van der Waals surface area contributed by atoms with E-state index in [1.165, 1.54) is 11.1 Å². The molecule has 4 heteroatoms. The van der Waals surface area contributed by atoms with E-state index in [2.05, 4.69) is 42.3 Å². The number of rotatable bonds is 1. The Hall–Kier alpha value is -1.39. The van der Waals surface area contributed by atoms with Crippen LogP contribution in [0.1, 0.15) is 11.1 Å². The monoisotopic (exact) mass is 259 g/mol. The molecule has 0 bridgehead atoms. The van der Waals surface area contributed by atoms with Crippen LogP contribution in [0.25, 0.3) is 0 Å². The average Bonchev–Trinajstić information content (AvgIpc) is 2.36. The summed E-state index contributed by atoms with van der Waals surface area (Å²) >= 11 is 0. The summed E-state index contributed by atoms with van der Waals surface area (Å²) in [7, 11) is 0. The molecule has 2 aliphatic rings. The van der Waals surface area contributed by atoms with Crippen molar-refractivity contribution in [1.82, 2.24) is 10.2 Å². The predicted molar refractivity (Wildman–Crippen MR) is 76.5 cm³/mol. The number of hydrogen-bond acceptors (Lipinski definition) is 3. The van der Waals surface area contributed by atoms with Crippen LogP contribution in [-0.4, -0.2) is 49.6 Å². The zero-order valence-electron chi connectivity index (χ0n) is 11.6. The SMILES string of the molecule is Cc1cc(C)cc(N2CC3CNCCN3CC2=O)c1. The molecule has 1 amide bonds. The summed E-state index contributed by atoms with van der Waals surface area (Å²) in [6, 6.07) is 6.81. The van der Waals surface area contributed by atoms with Gasteiger partial charge in [0.15, 0.2) is 0 Å². The highest BCUT2D eigenvalue weighted by molar-refractivity contribution is 5.95. The lowest BCUT2D eigenvalue weighted by atomic mass is 10.1. The summed E-state index contributed by atoms with van der Waals surface area (Å²) in [6.45, 7) is 8.48. The van der Waals surface area contributed by atoms with E-state index >= 15 is 0 Å². The highest BCUT2D eigenvalue weighted by Crippen LogP contribution is 2.23. The van der Waals surface area contributed by atoms with E-state index < -0.39 is 0 Å². The fourth-order valence-corrected chi connectivity index (χ4v) is 3.12. The lowest BCUT2D eigenvalue weighted by Crippen LogP contribution is -2.63. The molecule has 1 atom stereocenters. The van der Waals surface area contributed by atoms with Crippen molar-refractivity contribution in [2.75, 3.05) is 37.6 Å². The first-order valence-corrected chi connectivity index (χ1v) is 6.97. The molecule has 1 aromatic carbocycles. The Morgan fingerprint density at radius 2 is 1.95 bits per heavy atom. The number of benzene rings is 1. The molecule has 102 valence electrons. The number of hydrogen-bond donors (Lipinski definition) is 1. The minimum absolute atomic E-state index is 0.225. The van der Waals surface area contributed by atoms with Crippen molar-refractivity contribution < 1.29 is 4.79 Å². The quantitative estimate of drug-likeness (QED) is 0.815. The Balaban J connectivity index is 1.85. The number of fused-ring (bicyclic) bond motifs is 1. The van der Waals surface area contributed by atoms with Crippen molar-refractivity contribution in [3.63, 3.8) is 0 Å². The molecule has 2 fully saturated rings. The first-order chi connectivity index (χ1) is 9.13. The second kappa shape index (κ2) is 4.94. The fourth-order valence-electron chi connectivity index (χ4n) is 3.12. The number of nitrogens with one attached hydrogen (secondary N) is 1. The Bertz CT molecular complexity index is 480. The van der Waals surface area contributed by atoms with Gasteiger partial charge in [-0.2, -0.15) is 0 Å². The number of carbonyl (C=O) groups is 1. The minimum Gasteiger partial charge on any atom is -0.314 e. The van der Waals surface area contributed by atoms with Gasteiger partial charge in [-0.25, -0.2) is 0 Å². The molecular weight excluding hydrogens is 238 g/mol. The zero-order valence-corrected chi connectivity index (χ0v) is 11.6. The normalized spacial score (nSPS) is 24.4. The van der Waals surface area contributed by atoms with Gasteiger partial charge in [0.2, 0.25) is 5.91 Å². The molecule has 0 spiro atoms. The van der Waals surface area contributed by atoms with Gasteiger partial charge in [-0.3, -0.25) is 9.69 Å². The number of piperazine rings is 2. The van der Waals surface area contributed by atoms with Gasteiger partial charge in [0, 0.05) is 37.9 Å². The van der Waals surface area contributed by atoms with Gasteiger partial charge in [-0.05, 0) is 37.1 Å². The number of amides is 1. The Labute approximate surface area is 114 Å². The standard InChI is InChI=1S/C15H21N3O/c1-11-5-12(2)7-13(6-11)18-9-14-8-16-3-4-17(14)10-15(18)19/h5-7,14,16H,3-4,8-10H2,1-2H3. The van der Waals surface area contributed by atoms with Crippen molar-refractivity contribution in [2.24, 2.45) is 0 Å². The molecule has 0 radical (unpaired) electrons. The van der Waals surface area contributed by atoms with Gasteiger partial charge < -0.3 is 10.2 Å². The first-order valence-electron chi connectivity index (χ1n) is 6.97. The molecule has 0 aliphatic carbocycles. The molecule has 1 N–H and O–H groups in total. The molecule has 2 aliphatic heterocycles. The Morgan fingerprint density at radius 3 is 2.68 bits per heavy atom. The highest BCUT2D eigenvalue weighted by Gasteiger charge is 2.34. The predicted octanol–water partition coefficient (Wildman–Crippen LogP) is 0.924. The summed E-state index contributed by atoms with van der Waals surface area (Å²) in [4.78, 5) is 16.6. The first kappa shape index (κ1) is 12.6. The van der Waals surface area contributed by atoms with Crippen LogP contribution in [0.4, 0.5) is 5.69 Å². The third-order valence-corrected chi connectivity index (χ3v) is 4.02. The van der Waals surface area contributed by atoms with Crippen molar-refractivity contribution in [2.45, 2.75) is 19.9 Å². The molecule has 1 unspecified atom stereocenters. The lowest BCUT2D eigenvalue weighted by molar-refractivity contribution is -0.122. The van der Waals surface area contributed by atoms with Crippen LogP contribution >= 0.6 is 0 Å². The van der Waals surface area contributed by atoms with Crippen LogP contribution in [0.15, 0.2) is 18.2 Å². The molecule has 0 aromatic heterocycles. The largest absolute Gasteiger partial charge is 0.314 e. The maximum Gasteiger partial charge on any atom is 0.241 e. The third kappa shape index (κ3) is 2.51. The summed E-state index contributed by atoms with van der Waals surface area (Å²) in [5.41, 5.74) is 3.48. The highest BCUT2D eigenvalue weighted by atomic mass is 16.2. The number of nitrogens with zero attached hydrogens (tertiary/aromatic N) is 2. The van der Waals surface area contributed by atoms with Crippen molar-refractivity contribution in [1.29, 1.82) is 0 Å². The van der Waals surface area contributed by atoms with Crippen molar-refractivity contribution in [3.05, 3.63) is 29.3 Å². The minimum atomic E-state index is 0.225. The molecular formula is C15H21N3O. The zero-order chi connectivity index (χ0) is 13.4. The van der Waals surface area contributed by atoms with Gasteiger partial charge in [0.25, 0.3) is 0 Å². The van der Waals surface area contributed by atoms with Crippen molar-refractivity contribution >= 4 is 11.6 Å². The Morgan fingerprint density at radius 1 is 1.21 bits per heavy atom. The molecule has 4 nitrogen and oxygen atoms in total. The third-order valence-electron chi connectivity index (χ3n) is 4.02. The number of carbonyl (C=O) groups excluding carboxylic acids is 1. The number of anilines is 1. The summed E-state index contributed by atoms with van der Waals surface area (Å²) < 4.78 is 0.